The van der Waals surface area contributed by atoms with Crippen LogP contribution in [-0.4, -0.2) is 39.6 Å². The van der Waals surface area contributed by atoms with Gasteiger partial charge in [0.1, 0.15) is 5.82 Å². The summed E-state index contributed by atoms with van der Waals surface area (Å²) in [6.45, 7) is 2.59. The molecule has 1 aromatic heterocycles. The quantitative estimate of drug-likeness (QED) is 0.909. The molecular formula is C17H19FN4O2. The summed E-state index contributed by atoms with van der Waals surface area (Å²) < 4.78 is 14.6. The fourth-order valence-electron chi connectivity index (χ4n) is 2.71. The monoisotopic (exact) mass is 330 g/mol. The summed E-state index contributed by atoms with van der Waals surface area (Å²) in [7, 11) is 0. The van der Waals surface area contributed by atoms with Crippen molar-refractivity contribution in [3.63, 3.8) is 0 Å². The zero-order valence-electron chi connectivity index (χ0n) is 13.4. The molecule has 0 spiro atoms. The second kappa shape index (κ2) is 6.82. The summed E-state index contributed by atoms with van der Waals surface area (Å²) in [6, 6.07) is 5.77. The average molecular weight is 330 g/mol. The molecule has 1 aliphatic heterocycles. The molecule has 1 aromatic carbocycles. The number of nitrogens with one attached hydrogen (secondary N) is 1. The van der Waals surface area contributed by atoms with E-state index in [2.05, 4.69) is 10.4 Å². The van der Waals surface area contributed by atoms with Crippen molar-refractivity contribution in [1.82, 2.24) is 20.0 Å². The highest BCUT2D eigenvalue weighted by atomic mass is 19.1. The van der Waals surface area contributed by atoms with Gasteiger partial charge in [0.15, 0.2) is 0 Å². The number of benzene rings is 1. The lowest BCUT2D eigenvalue weighted by Gasteiger charge is -2.17. The topological polar surface area (TPSA) is 67.2 Å². The van der Waals surface area contributed by atoms with E-state index in [0.29, 0.717) is 13.0 Å². The molecule has 2 amide bonds. The normalized spacial score (nSPS) is 15.6. The van der Waals surface area contributed by atoms with Crippen LogP contribution in [0.4, 0.5) is 4.39 Å². The predicted octanol–water partition coefficient (Wildman–Crippen LogP) is 1.81. The molecule has 1 saturated heterocycles. The summed E-state index contributed by atoms with van der Waals surface area (Å²) in [4.78, 5) is 25.2. The molecule has 24 heavy (non-hydrogen) atoms. The van der Waals surface area contributed by atoms with E-state index < -0.39 is 0 Å². The molecule has 0 bridgehead atoms. The molecule has 6 nitrogen and oxygen atoms in total. The molecule has 1 fully saturated rings. The minimum absolute atomic E-state index is 0.0296. The molecule has 126 valence electrons. The van der Waals surface area contributed by atoms with E-state index in [1.807, 2.05) is 6.92 Å². The number of amides is 2. The molecule has 0 aliphatic carbocycles. The van der Waals surface area contributed by atoms with Gasteiger partial charge in [-0.2, -0.15) is 5.10 Å². The first-order valence-corrected chi connectivity index (χ1v) is 7.90. The third kappa shape index (κ3) is 3.61. The third-order valence-corrected chi connectivity index (χ3v) is 4.08. The average Bonchev–Trinajstić information content (AvgIpc) is 3.18. The molecule has 2 aromatic rings. The molecule has 0 radical (unpaired) electrons. The van der Waals surface area contributed by atoms with Gasteiger partial charge in [-0.1, -0.05) is 0 Å². The van der Waals surface area contributed by atoms with Crippen LogP contribution in [0.25, 0.3) is 5.69 Å². The van der Waals surface area contributed by atoms with E-state index in [1.54, 1.807) is 34.1 Å². The largest absolute Gasteiger partial charge is 0.348 e. The highest BCUT2D eigenvalue weighted by molar-refractivity contribution is 5.86. The number of halogens is 1. The van der Waals surface area contributed by atoms with Gasteiger partial charge >= 0.3 is 0 Å². The van der Waals surface area contributed by atoms with E-state index in [1.165, 1.54) is 12.1 Å². The Hall–Kier alpha value is -2.70. The second-order valence-electron chi connectivity index (χ2n) is 5.90. The van der Waals surface area contributed by atoms with Crippen molar-refractivity contribution in [1.29, 1.82) is 0 Å². The van der Waals surface area contributed by atoms with Crippen molar-refractivity contribution in [3.05, 3.63) is 48.0 Å². The molecule has 1 N–H and O–H groups in total. The number of nitrogens with zero attached hydrogens (tertiary/aromatic N) is 3. The van der Waals surface area contributed by atoms with Crippen LogP contribution in [0.1, 0.15) is 31.4 Å². The first-order valence-electron chi connectivity index (χ1n) is 7.90. The van der Waals surface area contributed by atoms with Crippen molar-refractivity contribution in [2.24, 2.45) is 0 Å². The number of hydrogen-bond donors (Lipinski definition) is 1. The number of aromatic nitrogens is 2. The molecule has 0 saturated carbocycles. The van der Waals surface area contributed by atoms with E-state index in [4.69, 9.17) is 0 Å². The zero-order valence-corrected chi connectivity index (χ0v) is 13.4. The Morgan fingerprint density at radius 3 is 2.79 bits per heavy atom. The number of rotatable bonds is 5. The minimum Gasteiger partial charge on any atom is -0.348 e. The van der Waals surface area contributed by atoms with Gasteiger partial charge < -0.3 is 10.2 Å². The third-order valence-electron chi connectivity index (χ3n) is 4.08. The summed E-state index contributed by atoms with van der Waals surface area (Å²) in [6.07, 6.45) is 4.79. The van der Waals surface area contributed by atoms with Crippen molar-refractivity contribution < 1.29 is 14.0 Å². The maximum Gasteiger partial charge on any atom is 0.240 e. The van der Waals surface area contributed by atoms with Crippen LogP contribution >= 0.6 is 0 Å². The van der Waals surface area contributed by atoms with Gasteiger partial charge in [0, 0.05) is 24.7 Å². The van der Waals surface area contributed by atoms with Gasteiger partial charge in [-0.25, -0.2) is 9.07 Å². The van der Waals surface area contributed by atoms with Crippen molar-refractivity contribution in [3.8, 4) is 5.69 Å². The van der Waals surface area contributed by atoms with Crippen molar-refractivity contribution >= 4 is 11.8 Å². The minimum atomic E-state index is -0.303. The van der Waals surface area contributed by atoms with Crippen LogP contribution < -0.4 is 5.32 Å². The summed E-state index contributed by atoms with van der Waals surface area (Å²) in [5, 5.41) is 7.11. The lowest BCUT2D eigenvalue weighted by Crippen LogP contribution is -2.38. The molecule has 0 unspecified atom stereocenters. The molecule has 7 heteroatoms. The second-order valence-corrected chi connectivity index (χ2v) is 5.90. The Labute approximate surface area is 139 Å². The Kier molecular flexibility index (Phi) is 4.59. The van der Waals surface area contributed by atoms with Crippen LogP contribution in [0.2, 0.25) is 0 Å². The van der Waals surface area contributed by atoms with E-state index >= 15 is 0 Å². The highest BCUT2D eigenvalue weighted by Gasteiger charge is 2.23. The Balaban J connectivity index is 1.61. The van der Waals surface area contributed by atoms with E-state index in [-0.39, 0.29) is 30.2 Å². The van der Waals surface area contributed by atoms with Crippen molar-refractivity contribution in [2.75, 3.05) is 13.1 Å². The Morgan fingerprint density at radius 2 is 2.12 bits per heavy atom. The van der Waals surface area contributed by atoms with E-state index in [0.717, 1.165) is 17.7 Å². The van der Waals surface area contributed by atoms with Crippen molar-refractivity contribution in [2.45, 2.75) is 25.8 Å². The SMILES string of the molecule is C[C@@H](NC(=O)CN1CCCC1=O)c1cnn(-c2ccc(F)cc2)c1. The van der Waals surface area contributed by atoms with Gasteiger partial charge in [0.25, 0.3) is 0 Å². The van der Waals surface area contributed by atoms with Crippen LogP contribution in [0.3, 0.4) is 0 Å². The first kappa shape index (κ1) is 16.2. The lowest BCUT2D eigenvalue weighted by atomic mass is 10.2. The standard InChI is InChI=1S/C17H19FN4O2/c1-12(20-16(23)11-21-8-2-3-17(21)24)13-9-19-22(10-13)15-6-4-14(18)5-7-15/h4-7,9-10,12H,2-3,8,11H2,1H3,(H,20,23)/t12-/m1/s1. The Morgan fingerprint density at radius 1 is 1.38 bits per heavy atom. The maximum absolute atomic E-state index is 13.0. The highest BCUT2D eigenvalue weighted by Crippen LogP contribution is 2.15. The van der Waals surface area contributed by atoms with Crippen LogP contribution in [-0.2, 0) is 9.59 Å². The van der Waals surface area contributed by atoms with Crippen LogP contribution in [0, 0.1) is 5.82 Å². The molecule has 1 aliphatic rings. The Bertz CT molecular complexity index is 741. The smallest absolute Gasteiger partial charge is 0.240 e. The van der Waals surface area contributed by atoms with Gasteiger partial charge in [-0.3, -0.25) is 9.59 Å². The lowest BCUT2D eigenvalue weighted by molar-refractivity contribution is -0.133. The van der Waals surface area contributed by atoms with E-state index in [9.17, 15) is 14.0 Å². The van der Waals surface area contributed by atoms with Crippen LogP contribution in [0.15, 0.2) is 36.7 Å². The van der Waals surface area contributed by atoms with Gasteiger partial charge in [0.05, 0.1) is 24.5 Å². The molecule has 3 rings (SSSR count). The maximum atomic E-state index is 13.0. The number of hydrogen-bond acceptors (Lipinski definition) is 3. The summed E-state index contributed by atoms with van der Waals surface area (Å²) >= 11 is 0. The summed E-state index contributed by atoms with van der Waals surface area (Å²) in [5.74, 6) is -0.461. The molecular weight excluding hydrogens is 311 g/mol. The zero-order chi connectivity index (χ0) is 17.1. The molecule has 1 atom stereocenters. The van der Waals surface area contributed by atoms with Gasteiger partial charge in [0.2, 0.25) is 11.8 Å². The van der Waals surface area contributed by atoms with Gasteiger partial charge in [-0.15, -0.1) is 0 Å². The number of carbonyl (C=O) groups is 2. The fourth-order valence-corrected chi connectivity index (χ4v) is 2.71. The number of carbonyl (C=O) groups excluding carboxylic acids is 2. The fraction of sp³-hybridized carbons (Fsp3) is 0.353. The number of likely N-dealkylation sites (tertiary alicyclic amines) is 1. The summed E-state index contributed by atoms with van der Waals surface area (Å²) in [5.41, 5.74) is 1.57. The first-order chi connectivity index (χ1) is 11.5. The van der Waals surface area contributed by atoms with Crippen LogP contribution in [0.5, 0.6) is 0 Å². The molecule has 2 heterocycles. The predicted molar refractivity (Wildman–Crippen MR) is 85.9 cm³/mol. The van der Waals surface area contributed by atoms with Gasteiger partial charge in [-0.05, 0) is 37.6 Å².